The molecule has 4 aliphatic rings. The van der Waals surface area contributed by atoms with Gasteiger partial charge in [-0.05, 0) is 73.3 Å². The van der Waals surface area contributed by atoms with Crippen LogP contribution in [0.3, 0.4) is 0 Å². The number of fused-ring (bicyclic) bond motifs is 1. The number of rotatable bonds is 19. The third-order valence-electron chi connectivity index (χ3n) is 13.9. The predicted molar refractivity (Wildman–Crippen MR) is 265 cm³/mol. The Morgan fingerprint density at radius 2 is 1.51 bits per heavy atom. The maximum atomic E-state index is 13.9. The van der Waals surface area contributed by atoms with Crippen LogP contribution in [-0.4, -0.2) is 139 Å². The minimum atomic E-state index is -4.90. The lowest BCUT2D eigenvalue weighted by Crippen LogP contribution is -2.52. The van der Waals surface area contributed by atoms with E-state index in [1.54, 1.807) is 17.0 Å². The van der Waals surface area contributed by atoms with Crippen molar-refractivity contribution in [2.75, 3.05) is 94.6 Å². The molecule has 1 aromatic heterocycles. The summed E-state index contributed by atoms with van der Waals surface area (Å²) in [6, 6.07) is 19.1. The van der Waals surface area contributed by atoms with E-state index >= 15 is 0 Å². The molecule has 378 valence electrons. The Labute approximate surface area is 411 Å². The summed E-state index contributed by atoms with van der Waals surface area (Å²) in [5.41, 5.74) is 3.33. The summed E-state index contributed by atoms with van der Waals surface area (Å²) in [6.07, 6.45) is 1.72. The largest absolute Gasteiger partial charge is 0.417 e. The highest BCUT2D eigenvalue weighted by Gasteiger charge is 2.40. The first-order chi connectivity index (χ1) is 34.2. The van der Waals surface area contributed by atoms with Crippen molar-refractivity contribution in [1.82, 2.24) is 35.2 Å². The molecule has 3 aromatic carbocycles. The van der Waals surface area contributed by atoms with Crippen molar-refractivity contribution in [1.29, 1.82) is 0 Å². The summed E-state index contributed by atoms with van der Waals surface area (Å²) in [5, 5.41) is 11.6. The smallest absolute Gasteiger partial charge is 0.385 e. The molecule has 5 N–H and O–H groups in total. The molecular formula is C52H63F3N10O6. The summed E-state index contributed by atoms with van der Waals surface area (Å²) < 4.78 is 41.7. The van der Waals surface area contributed by atoms with Crippen LogP contribution in [0.5, 0.6) is 0 Å². The average Bonchev–Trinajstić information content (AvgIpc) is 3.68. The highest BCUT2D eigenvalue weighted by Crippen LogP contribution is 2.36. The van der Waals surface area contributed by atoms with Crippen LogP contribution < -0.4 is 31.7 Å². The number of H-pyrrole nitrogens is 1. The van der Waals surface area contributed by atoms with Crippen LogP contribution in [0.15, 0.2) is 77.7 Å². The Morgan fingerprint density at radius 1 is 0.775 bits per heavy atom. The number of carbonyl (C=O) groups excluding carboxylic acids is 5. The molecule has 0 aliphatic carbocycles. The number of unbranched alkanes of at least 4 members (excludes halogenated alkanes) is 4. The van der Waals surface area contributed by atoms with Crippen LogP contribution in [0.2, 0.25) is 0 Å². The fraction of sp³-hybridized carbons (Fsp3) is 0.462. The van der Waals surface area contributed by atoms with E-state index in [0.717, 1.165) is 125 Å². The number of halogens is 3. The first-order valence-corrected chi connectivity index (χ1v) is 24.7. The van der Waals surface area contributed by atoms with Gasteiger partial charge in [0.1, 0.15) is 6.04 Å². The van der Waals surface area contributed by atoms with E-state index in [1.165, 1.54) is 0 Å². The van der Waals surface area contributed by atoms with E-state index in [2.05, 4.69) is 58.0 Å². The average molecular weight is 981 g/mol. The number of likely N-dealkylation sites (N-methyl/N-ethyl adjacent to an activating group) is 1. The molecule has 1 unspecified atom stereocenters. The Bertz CT molecular complexity index is 2640. The van der Waals surface area contributed by atoms with Crippen LogP contribution in [0.1, 0.15) is 88.8 Å². The van der Waals surface area contributed by atoms with Gasteiger partial charge in [-0.15, -0.1) is 0 Å². The SMILES string of the molecule is CN1CCN(c2ccc(-c3cccc(CN4CCN(CCNC(=O)CCCCCCCNc5cccc6c5CN(C5CCC(=O)NC5=O)C6=O)CC4)c3)cc2NC(=O)c2c[nH]c(=O)cc2C(F)(F)F)CC1. The van der Waals surface area contributed by atoms with Crippen molar-refractivity contribution >= 4 is 46.6 Å². The number of benzene rings is 3. The van der Waals surface area contributed by atoms with Crippen LogP contribution >= 0.6 is 0 Å². The van der Waals surface area contributed by atoms with Crippen molar-refractivity contribution in [2.45, 2.75) is 76.7 Å². The van der Waals surface area contributed by atoms with Gasteiger partial charge in [0.2, 0.25) is 23.3 Å². The van der Waals surface area contributed by atoms with Gasteiger partial charge in [0.25, 0.3) is 11.8 Å². The molecular weight excluding hydrogens is 918 g/mol. The number of piperazine rings is 2. The molecule has 0 radical (unpaired) electrons. The number of amides is 5. The highest BCUT2D eigenvalue weighted by molar-refractivity contribution is 6.08. The van der Waals surface area contributed by atoms with Gasteiger partial charge in [-0.1, -0.05) is 49.6 Å². The zero-order valence-corrected chi connectivity index (χ0v) is 40.2. The maximum absolute atomic E-state index is 13.9. The van der Waals surface area contributed by atoms with E-state index in [1.807, 2.05) is 43.4 Å². The number of aromatic amines is 1. The number of aromatic nitrogens is 1. The highest BCUT2D eigenvalue weighted by atomic mass is 19.4. The van der Waals surface area contributed by atoms with Crippen LogP contribution in [0, 0.1) is 0 Å². The van der Waals surface area contributed by atoms with Crippen LogP contribution in [0.25, 0.3) is 11.1 Å². The first kappa shape index (κ1) is 50.8. The number of piperidine rings is 1. The second kappa shape index (κ2) is 23.1. The normalized spacial score (nSPS) is 18.1. The lowest BCUT2D eigenvalue weighted by atomic mass is 10.0. The van der Waals surface area contributed by atoms with Gasteiger partial charge in [0, 0.05) is 127 Å². The fourth-order valence-corrected chi connectivity index (χ4v) is 9.86. The number of imide groups is 1. The summed E-state index contributed by atoms with van der Waals surface area (Å²) in [6.45, 7) is 9.58. The molecule has 0 bridgehead atoms. The Morgan fingerprint density at radius 3 is 2.28 bits per heavy atom. The molecule has 5 heterocycles. The number of nitrogens with zero attached hydrogens (tertiary/aromatic N) is 5. The molecule has 0 saturated carbocycles. The zero-order valence-electron chi connectivity index (χ0n) is 40.2. The molecule has 19 heteroatoms. The molecule has 3 saturated heterocycles. The second-order valence-electron chi connectivity index (χ2n) is 18.9. The van der Waals surface area contributed by atoms with E-state index < -0.39 is 40.7 Å². The van der Waals surface area contributed by atoms with E-state index in [0.29, 0.717) is 62.0 Å². The molecule has 16 nitrogen and oxygen atoms in total. The monoisotopic (exact) mass is 980 g/mol. The lowest BCUT2D eigenvalue weighted by molar-refractivity contribution is -0.138. The van der Waals surface area contributed by atoms with Crippen molar-refractivity contribution in [2.24, 2.45) is 0 Å². The lowest BCUT2D eigenvalue weighted by Gasteiger charge is -2.35. The van der Waals surface area contributed by atoms with Crippen LogP contribution in [-0.2, 0) is 33.6 Å². The predicted octanol–water partition coefficient (Wildman–Crippen LogP) is 5.51. The van der Waals surface area contributed by atoms with Gasteiger partial charge in [-0.3, -0.25) is 43.9 Å². The number of hydrogen-bond donors (Lipinski definition) is 5. The van der Waals surface area contributed by atoms with E-state index in [9.17, 15) is 41.9 Å². The number of carbonyl (C=O) groups is 5. The molecule has 4 aromatic rings. The van der Waals surface area contributed by atoms with Crippen molar-refractivity contribution in [3.05, 3.63) is 111 Å². The minimum absolute atomic E-state index is 0.0665. The maximum Gasteiger partial charge on any atom is 0.417 e. The Hall–Kier alpha value is -6.57. The third-order valence-corrected chi connectivity index (χ3v) is 13.9. The van der Waals surface area contributed by atoms with Gasteiger partial charge in [0.05, 0.1) is 22.5 Å². The van der Waals surface area contributed by atoms with Gasteiger partial charge in [-0.2, -0.15) is 13.2 Å². The minimum Gasteiger partial charge on any atom is -0.385 e. The van der Waals surface area contributed by atoms with E-state index in [-0.39, 0.29) is 24.1 Å². The topological polar surface area (TPSA) is 183 Å². The Balaban J connectivity index is 0.734. The van der Waals surface area contributed by atoms with Gasteiger partial charge >= 0.3 is 6.18 Å². The third kappa shape index (κ3) is 13.1. The Kier molecular flexibility index (Phi) is 16.5. The quantitative estimate of drug-likeness (QED) is 0.0591. The zero-order chi connectivity index (χ0) is 50.1. The van der Waals surface area contributed by atoms with E-state index in [4.69, 9.17) is 0 Å². The van der Waals surface area contributed by atoms with Crippen molar-refractivity contribution in [3.8, 4) is 11.1 Å². The summed E-state index contributed by atoms with van der Waals surface area (Å²) >= 11 is 0. The first-order valence-electron chi connectivity index (χ1n) is 24.7. The van der Waals surface area contributed by atoms with Gasteiger partial charge in [0.15, 0.2) is 0 Å². The van der Waals surface area contributed by atoms with Crippen LogP contribution in [0.4, 0.5) is 30.2 Å². The summed E-state index contributed by atoms with van der Waals surface area (Å²) in [5.74, 6) is -1.81. The number of alkyl halides is 3. The number of nitrogens with one attached hydrogen (secondary N) is 5. The molecule has 71 heavy (non-hydrogen) atoms. The molecule has 8 rings (SSSR count). The molecule has 5 amide bonds. The standard InChI is InChI=1S/C52H63F3N10O6/c1-61-21-27-64(28-22-61)44-15-14-37(30-43(44)59-49(69)39-32-58-48(68)31-41(39)52(53,54)55)36-10-7-9-35(29-36)33-63-25-23-62(24-26-63)20-19-57-46(66)13-5-3-2-4-6-18-56-42-12-8-11-38-40(42)34-65(51(38)71)45-16-17-47(67)60-50(45)70/h7-12,14-15,29-32,45,56H,2-6,13,16-28,33-34H2,1H3,(H,57,66)(H,58,68)(H,59,69)(H,60,67,70). The number of pyridine rings is 1. The molecule has 0 spiro atoms. The molecule has 4 aliphatic heterocycles. The number of anilines is 3. The number of hydrogen-bond acceptors (Lipinski definition) is 11. The van der Waals surface area contributed by atoms with Gasteiger partial charge < -0.3 is 35.6 Å². The second-order valence-corrected chi connectivity index (χ2v) is 18.9. The summed E-state index contributed by atoms with van der Waals surface area (Å²) in [7, 11) is 2.02. The van der Waals surface area contributed by atoms with Crippen molar-refractivity contribution in [3.63, 3.8) is 0 Å². The molecule has 3 fully saturated rings. The van der Waals surface area contributed by atoms with Gasteiger partial charge in [-0.25, -0.2) is 0 Å². The fourth-order valence-electron chi connectivity index (χ4n) is 9.86. The summed E-state index contributed by atoms with van der Waals surface area (Å²) in [4.78, 5) is 87.9. The van der Waals surface area contributed by atoms with Crippen molar-refractivity contribution < 1.29 is 37.1 Å². The molecule has 1 atom stereocenters.